The molecule has 16 heavy (non-hydrogen) atoms. The van der Waals surface area contributed by atoms with Gasteiger partial charge in [-0.1, -0.05) is 11.6 Å². The average Bonchev–Trinajstić information content (AvgIpc) is 3.02. The smallest absolute Gasteiger partial charge is 0.251 e. The third-order valence-electron chi connectivity index (χ3n) is 2.70. The van der Waals surface area contributed by atoms with Crippen molar-refractivity contribution in [2.75, 3.05) is 5.88 Å². The van der Waals surface area contributed by atoms with E-state index in [-0.39, 0.29) is 22.2 Å². The number of hydrogen-bond acceptors (Lipinski definition) is 2. The van der Waals surface area contributed by atoms with Gasteiger partial charge in [-0.05, 0) is 31.0 Å². The molecule has 0 saturated heterocycles. The topological polar surface area (TPSA) is 49.3 Å². The zero-order valence-electron chi connectivity index (χ0n) is 8.46. The van der Waals surface area contributed by atoms with E-state index in [1.807, 2.05) is 0 Å². The summed E-state index contributed by atoms with van der Waals surface area (Å²) in [6.07, 6.45) is 1.82. The molecule has 0 atom stereocenters. The molecule has 2 rings (SSSR count). The molecule has 86 valence electrons. The molecule has 0 unspecified atom stereocenters. The Morgan fingerprint density at radius 3 is 2.69 bits per heavy atom. The molecule has 5 heteroatoms. The van der Waals surface area contributed by atoms with Gasteiger partial charge in [-0.2, -0.15) is 0 Å². The Labute approximate surface area is 103 Å². The van der Waals surface area contributed by atoms with Gasteiger partial charge in [0.2, 0.25) is 0 Å². The molecule has 1 aromatic carbocycles. The summed E-state index contributed by atoms with van der Waals surface area (Å²) in [5, 5.41) is 12.3. The maximum Gasteiger partial charge on any atom is 0.251 e. The fourth-order valence-electron chi connectivity index (χ4n) is 1.40. The van der Waals surface area contributed by atoms with Crippen LogP contribution in [-0.4, -0.2) is 22.4 Å². The number of rotatable bonds is 3. The van der Waals surface area contributed by atoms with E-state index >= 15 is 0 Å². The van der Waals surface area contributed by atoms with Crippen LogP contribution < -0.4 is 5.32 Å². The Morgan fingerprint density at radius 1 is 1.50 bits per heavy atom. The molecule has 1 aliphatic carbocycles. The van der Waals surface area contributed by atoms with E-state index in [1.165, 1.54) is 18.2 Å². The molecule has 0 heterocycles. The second-order valence-electron chi connectivity index (χ2n) is 4.03. The summed E-state index contributed by atoms with van der Waals surface area (Å²) in [6, 6.07) is 4.37. The molecule has 1 amide bonds. The van der Waals surface area contributed by atoms with E-state index in [1.54, 1.807) is 0 Å². The highest BCUT2D eigenvalue weighted by atomic mass is 35.5. The lowest BCUT2D eigenvalue weighted by Crippen LogP contribution is -2.38. The molecular weight excluding hydrogens is 249 g/mol. The van der Waals surface area contributed by atoms with Gasteiger partial charge in [0.15, 0.2) is 0 Å². The molecular formula is C11H11Cl2NO2. The summed E-state index contributed by atoms with van der Waals surface area (Å²) >= 11 is 11.5. The highest BCUT2D eigenvalue weighted by Gasteiger charge is 2.43. The van der Waals surface area contributed by atoms with Crippen molar-refractivity contribution in [1.82, 2.24) is 5.32 Å². The first kappa shape index (κ1) is 11.6. The summed E-state index contributed by atoms with van der Waals surface area (Å²) in [7, 11) is 0. The number of halogens is 2. The highest BCUT2D eigenvalue weighted by Crippen LogP contribution is 2.36. The fraction of sp³-hybridized carbons (Fsp3) is 0.364. The SMILES string of the molecule is O=C(NC1(CCl)CC1)c1ccc(O)c(Cl)c1. The van der Waals surface area contributed by atoms with E-state index in [0.29, 0.717) is 11.4 Å². The Morgan fingerprint density at radius 2 is 2.19 bits per heavy atom. The Balaban J connectivity index is 2.12. The molecule has 1 fully saturated rings. The summed E-state index contributed by atoms with van der Waals surface area (Å²) in [6.45, 7) is 0. The molecule has 0 spiro atoms. The van der Waals surface area contributed by atoms with Crippen molar-refractivity contribution in [3.8, 4) is 5.75 Å². The lowest BCUT2D eigenvalue weighted by Gasteiger charge is -2.14. The molecule has 1 aliphatic rings. The van der Waals surface area contributed by atoms with Gasteiger partial charge in [0.25, 0.3) is 5.91 Å². The van der Waals surface area contributed by atoms with Crippen LogP contribution >= 0.6 is 23.2 Å². The number of phenolic OH excluding ortho intramolecular Hbond substituents is 1. The monoisotopic (exact) mass is 259 g/mol. The summed E-state index contributed by atoms with van der Waals surface area (Å²) in [5.41, 5.74) is 0.197. The molecule has 0 radical (unpaired) electrons. The first-order valence-electron chi connectivity index (χ1n) is 4.93. The number of carbonyl (C=O) groups is 1. The van der Waals surface area contributed by atoms with Gasteiger partial charge in [-0.15, -0.1) is 11.6 Å². The van der Waals surface area contributed by atoms with Crippen LogP contribution in [0.3, 0.4) is 0 Å². The number of aromatic hydroxyl groups is 1. The van der Waals surface area contributed by atoms with Crippen LogP contribution in [0.15, 0.2) is 18.2 Å². The van der Waals surface area contributed by atoms with Crippen molar-refractivity contribution in [1.29, 1.82) is 0 Å². The molecule has 1 aromatic rings. The second kappa shape index (κ2) is 4.15. The predicted octanol–water partition coefficient (Wildman–Crippen LogP) is 2.55. The normalized spacial score (nSPS) is 16.9. The number of carbonyl (C=O) groups excluding carboxylic acids is 1. The van der Waals surface area contributed by atoms with Crippen molar-refractivity contribution in [3.63, 3.8) is 0 Å². The van der Waals surface area contributed by atoms with Gasteiger partial charge in [-0.3, -0.25) is 4.79 Å². The maximum atomic E-state index is 11.8. The first-order chi connectivity index (χ1) is 7.56. The van der Waals surface area contributed by atoms with Crippen LogP contribution in [-0.2, 0) is 0 Å². The van der Waals surface area contributed by atoms with E-state index in [4.69, 9.17) is 23.2 Å². The van der Waals surface area contributed by atoms with Gasteiger partial charge in [0.1, 0.15) is 5.75 Å². The van der Waals surface area contributed by atoms with Gasteiger partial charge in [0, 0.05) is 11.4 Å². The number of benzene rings is 1. The molecule has 0 bridgehead atoms. The van der Waals surface area contributed by atoms with E-state index < -0.39 is 0 Å². The first-order valence-corrected chi connectivity index (χ1v) is 5.85. The zero-order valence-corrected chi connectivity index (χ0v) is 9.98. The van der Waals surface area contributed by atoms with Crippen molar-refractivity contribution < 1.29 is 9.90 Å². The largest absolute Gasteiger partial charge is 0.506 e. The molecule has 0 aliphatic heterocycles. The molecule has 2 N–H and O–H groups in total. The number of phenols is 1. The fourth-order valence-corrected chi connectivity index (χ4v) is 1.92. The molecule has 0 aromatic heterocycles. The summed E-state index contributed by atoms with van der Waals surface area (Å²) in [4.78, 5) is 11.8. The second-order valence-corrected chi connectivity index (χ2v) is 4.71. The predicted molar refractivity (Wildman–Crippen MR) is 63.3 cm³/mol. The molecule has 3 nitrogen and oxygen atoms in total. The minimum Gasteiger partial charge on any atom is -0.506 e. The van der Waals surface area contributed by atoms with Crippen molar-refractivity contribution in [2.45, 2.75) is 18.4 Å². The van der Waals surface area contributed by atoms with Crippen LogP contribution in [0.5, 0.6) is 5.75 Å². The van der Waals surface area contributed by atoms with E-state index in [0.717, 1.165) is 12.8 Å². The van der Waals surface area contributed by atoms with Gasteiger partial charge in [-0.25, -0.2) is 0 Å². The Hall–Kier alpha value is -0.930. The summed E-state index contributed by atoms with van der Waals surface area (Å²) in [5.74, 6) is 0.182. The zero-order chi connectivity index (χ0) is 11.8. The Bertz CT molecular complexity index is 430. The number of nitrogens with one attached hydrogen (secondary N) is 1. The van der Waals surface area contributed by atoms with Gasteiger partial charge < -0.3 is 10.4 Å². The highest BCUT2D eigenvalue weighted by molar-refractivity contribution is 6.32. The van der Waals surface area contributed by atoms with Crippen molar-refractivity contribution >= 4 is 29.1 Å². The van der Waals surface area contributed by atoms with E-state index in [2.05, 4.69) is 5.32 Å². The quantitative estimate of drug-likeness (QED) is 0.820. The number of alkyl halides is 1. The van der Waals surface area contributed by atoms with Gasteiger partial charge in [0.05, 0.1) is 10.6 Å². The third kappa shape index (κ3) is 2.25. The maximum absolute atomic E-state index is 11.8. The van der Waals surface area contributed by atoms with Crippen LogP contribution in [0.2, 0.25) is 5.02 Å². The Kier molecular flexibility index (Phi) is 3.00. The van der Waals surface area contributed by atoms with Crippen molar-refractivity contribution in [3.05, 3.63) is 28.8 Å². The minimum absolute atomic E-state index is 0.0308. The van der Waals surface area contributed by atoms with E-state index in [9.17, 15) is 9.90 Å². The minimum atomic E-state index is -0.233. The van der Waals surface area contributed by atoms with Crippen LogP contribution in [0, 0.1) is 0 Å². The average molecular weight is 260 g/mol. The van der Waals surface area contributed by atoms with Gasteiger partial charge >= 0.3 is 0 Å². The summed E-state index contributed by atoms with van der Waals surface area (Å²) < 4.78 is 0. The van der Waals surface area contributed by atoms with Crippen molar-refractivity contribution in [2.24, 2.45) is 0 Å². The standard InChI is InChI=1S/C11H11Cl2NO2/c12-6-11(3-4-11)14-10(16)7-1-2-9(15)8(13)5-7/h1-2,5,15H,3-4,6H2,(H,14,16). The number of amides is 1. The lowest BCUT2D eigenvalue weighted by atomic mass is 10.2. The third-order valence-corrected chi connectivity index (χ3v) is 3.51. The number of hydrogen-bond donors (Lipinski definition) is 2. The van der Waals surface area contributed by atoms with Crippen LogP contribution in [0.4, 0.5) is 0 Å². The van der Waals surface area contributed by atoms with Crippen LogP contribution in [0.1, 0.15) is 23.2 Å². The lowest BCUT2D eigenvalue weighted by molar-refractivity contribution is 0.0936. The van der Waals surface area contributed by atoms with Crippen LogP contribution in [0.25, 0.3) is 0 Å². The molecule has 1 saturated carbocycles.